The van der Waals surface area contributed by atoms with Crippen LogP contribution in [-0.4, -0.2) is 32.0 Å². The summed E-state index contributed by atoms with van der Waals surface area (Å²) in [4.78, 5) is 28.8. The summed E-state index contributed by atoms with van der Waals surface area (Å²) in [6.07, 6.45) is 0.146. The van der Waals surface area contributed by atoms with Crippen LogP contribution < -0.4 is 14.5 Å². The summed E-state index contributed by atoms with van der Waals surface area (Å²) in [5.74, 6) is -0.435. The van der Waals surface area contributed by atoms with Crippen LogP contribution in [0.3, 0.4) is 0 Å². The van der Waals surface area contributed by atoms with E-state index in [-0.39, 0.29) is 24.1 Å². The monoisotopic (exact) mass is 370 g/mol. The third-order valence-electron chi connectivity index (χ3n) is 4.82. The van der Waals surface area contributed by atoms with E-state index in [9.17, 15) is 14.0 Å². The van der Waals surface area contributed by atoms with Crippen molar-refractivity contribution in [1.82, 2.24) is 0 Å². The molecule has 1 fully saturated rings. The standard InChI is InChI=1S/C21H23FN2O3/c1-4-23(17-8-6-16(22)7-9-17)21(26)15-12-20(25)24(13-15)18-11-14(2)5-10-19(18)27-3/h5-11,15H,4,12-13H2,1-3H3. The van der Waals surface area contributed by atoms with Gasteiger partial charge in [0.15, 0.2) is 0 Å². The molecule has 0 radical (unpaired) electrons. The van der Waals surface area contributed by atoms with Gasteiger partial charge in [0.2, 0.25) is 11.8 Å². The first-order valence-electron chi connectivity index (χ1n) is 8.96. The minimum absolute atomic E-state index is 0.104. The summed E-state index contributed by atoms with van der Waals surface area (Å²) in [6, 6.07) is 11.4. The molecule has 1 aliphatic rings. The van der Waals surface area contributed by atoms with Crippen LogP contribution in [0.25, 0.3) is 0 Å². The molecular formula is C21H23FN2O3. The van der Waals surface area contributed by atoms with Crippen molar-refractivity contribution < 1.29 is 18.7 Å². The quantitative estimate of drug-likeness (QED) is 0.809. The van der Waals surface area contributed by atoms with Gasteiger partial charge in [0.25, 0.3) is 0 Å². The molecule has 1 unspecified atom stereocenters. The highest BCUT2D eigenvalue weighted by atomic mass is 19.1. The number of aryl methyl sites for hydroxylation is 1. The number of rotatable bonds is 5. The van der Waals surface area contributed by atoms with Gasteiger partial charge >= 0.3 is 0 Å². The molecule has 2 amide bonds. The van der Waals surface area contributed by atoms with E-state index >= 15 is 0 Å². The lowest BCUT2D eigenvalue weighted by Gasteiger charge is -2.25. The van der Waals surface area contributed by atoms with E-state index in [1.165, 1.54) is 12.1 Å². The lowest BCUT2D eigenvalue weighted by Crippen LogP contribution is -2.37. The van der Waals surface area contributed by atoms with Crippen molar-refractivity contribution in [2.45, 2.75) is 20.3 Å². The number of ether oxygens (including phenoxy) is 1. The van der Waals surface area contributed by atoms with E-state index in [4.69, 9.17) is 4.74 Å². The highest BCUT2D eigenvalue weighted by Crippen LogP contribution is 2.34. The zero-order chi connectivity index (χ0) is 19.6. The molecule has 27 heavy (non-hydrogen) atoms. The summed E-state index contributed by atoms with van der Waals surface area (Å²) in [5, 5.41) is 0. The molecule has 0 bridgehead atoms. The number of halogens is 1. The summed E-state index contributed by atoms with van der Waals surface area (Å²) >= 11 is 0. The normalized spacial score (nSPS) is 16.5. The first-order chi connectivity index (χ1) is 12.9. The average molecular weight is 370 g/mol. The molecule has 5 nitrogen and oxygen atoms in total. The molecule has 2 aromatic carbocycles. The van der Waals surface area contributed by atoms with Gasteiger partial charge in [0, 0.05) is 25.2 Å². The van der Waals surface area contributed by atoms with Crippen LogP contribution >= 0.6 is 0 Å². The second-order valence-corrected chi connectivity index (χ2v) is 6.64. The molecule has 6 heteroatoms. The molecule has 3 rings (SSSR count). The lowest BCUT2D eigenvalue weighted by molar-refractivity contribution is -0.124. The second-order valence-electron chi connectivity index (χ2n) is 6.64. The van der Waals surface area contributed by atoms with Crippen molar-refractivity contribution in [3.05, 3.63) is 53.8 Å². The topological polar surface area (TPSA) is 49.9 Å². The van der Waals surface area contributed by atoms with Crippen molar-refractivity contribution in [2.75, 3.05) is 30.0 Å². The Kier molecular flexibility index (Phi) is 5.44. The first kappa shape index (κ1) is 18.9. The molecule has 0 N–H and O–H groups in total. The summed E-state index contributed by atoms with van der Waals surface area (Å²) in [6.45, 7) is 4.55. The van der Waals surface area contributed by atoms with Crippen LogP contribution in [-0.2, 0) is 9.59 Å². The Morgan fingerprint density at radius 3 is 2.59 bits per heavy atom. The van der Waals surface area contributed by atoms with Crippen LogP contribution in [0.2, 0.25) is 0 Å². The largest absolute Gasteiger partial charge is 0.495 e. The summed E-state index contributed by atoms with van der Waals surface area (Å²) in [5.41, 5.74) is 2.32. The Labute approximate surface area is 158 Å². The number of methoxy groups -OCH3 is 1. The number of hydrogen-bond acceptors (Lipinski definition) is 3. The fraction of sp³-hybridized carbons (Fsp3) is 0.333. The van der Waals surface area contributed by atoms with Gasteiger partial charge in [-0.25, -0.2) is 4.39 Å². The van der Waals surface area contributed by atoms with Crippen molar-refractivity contribution in [2.24, 2.45) is 5.92 Å². The number of carbonyl (C=O) groups is 2. The van der Waals surface area contributed by atoms with E-state index in [2.05, 4.69) is 0 Å². The first-order valence-corrected chi connectivity index (χ1v) is 8.96. The number of anilines is 2. The Hall–Kier alpha value is -2.89. The molecule has 0 spiro atoms. The molecular weight excluding hydrogens is 347 g/mol. The number of benzene rings is 2. The van der Waals surface area contributed by atoms with Crippen LogP contribution in [0, 0.1) is 18.7 Å². The maximum atomic E-state index is 13.2. The number of amides is 2. The van der Waals surface area contributed by atoms with Gasteiger partial charge in [-0.05, 0) is 55.8 Å². The summed E-state index contributed by atoms with van der Waals surface area (Å²) < 4.78 is 18.6. The van der Waals surface area contributed by atoms with Crippen LogP contribution in [0.1, 0.15) is 18.9 Å². The van der Waals surface area contributed by atoms with Gasteiger partial charge < -0.3 is 14.5 Å². The van der Waals surface area contributed by atoms with Gasteiger partial charge in [0.05, 0.1) is 18.7 Å². The van der Waals surface area contributed by atoms with E-state index in [0.29, 0.717) is 30.2 Å². The average Bonchev–Trinajstić information content (AvgIpc) is 3.05. The van der Waals surface area contributed by atoms with Gasteiger partial charge in [-0.2, -0.15) is 0 Å². The van der Waals surface area contributed by atoms with E-state index in [0.717, 1.165) is 5.56 Å². The van der Waals surface area contributed by atoms with Gasteiger partial charge in [-0.15, -0.1) is 0 Å². The maximum absolute atomic E-state index is 13.2. The number of hydrogen-bond donors (Lipinski definition) is 0. The van der Waals surface area contributed by atoms with Crippen LogP contribution in [0.15, 0.2) is 42.5 Å². The second kappa shape index (κ2) is 7.78. The van der Waals surface area contributed by atoms with E-state index < -0.39 is 5.92 Å². The Morgan fingerprint density at radius 1 is 1.26 bits per heavy atom. The third-order valence-corrected chi connectivity index (χ3v) is 4.82. The minimum atomic E-state index is -0.451. The fourth-order valence-corrected chi connectivity index (χ4v) is 3.42. The minimum Gasteiger partial charge on any atom is -0.495 e. The predicted molar refractivity (Wildman–Crippen MR) is 103 cm³/mol. The molecule has 1 heterocycles. The van der Waals surface area contributed by atoms with Crippen molar-refractivity contribution in [3.63, 3.8) is 0 Å². The van der Waals surface area contributed by atoms with Crippen LogP contribution in [0.5, 0.6) is 5.75 Å². The highest BCUT2D eigenvalue weighted by Gasteiger charge is 2.38. The summed E-state index contributed by atoms with van der Waals surface area (Å²) in [7, 11) is 1.56. The van der Waals surface area contributed by atoms with Gasteiger partial charge in [-0.1, -0.05) is 6.07 Å². The molecule has 2 aromatic rings. The Balaban J connectivity index is 1.83. The van der Waals surface area contributed by atoms with Gasteiger partial charge in [-0.3, -0.25) is 9.59 Å². The highest BCUT2D eigenvalue weighted by molar-refractivity contribution is 6.05. The molecule has 0 aliphatic carbocycles. The fourth-order valence-electron chi connectivity index (χ4n) is 3.42. The molecule has 142 valence electrons. The van der Waals surface area contributed by atoms with Crippen LogP contribution in [0.4, 0.5) is 15.8 Å². The smallest absolute Gasteiger partial charge is 0.232 e. The Morgan fingerprint density at radius 2 is 1.96 bits per heavy atom. The molecule has 0 aromatic heterocycles. The van der Waals surface area contributed by atoms with Crippen molar-refractivity contribution in [1.29, 1.82) is 0 Å². The van der Waals surface area contributed by atoms with E-state index in [1.54, 1.807) is 29.0 Å². The predicted octanol–water partition coefficient (Wildman–Crippen LogP) is 3.55. The SMILES string of the molecule is CCN(C(=O)C1CC(=O)N(c2cc(C)ccc2OC)C1)c1ccc(F)cc1. The zero-order valence-corrected chi connectivity index (χ0v) is 15.7. The molecule has 1 aliphatic heterocycles. The van der Waals surface area contributed by atoms with E-state index in [1.807, 2.05) is 32.0 Å². The molecule has 1 saturated heterocycles. The number of nitrogens with zero attached hydrogens (tertiary/aromatic N) is 2. The molecule has 1 atom stereocenters. The van der Waals surface area contributed by atoms with Gasteiger partial charge in [0.1, 0.15) is 11.6 Å². The third kappa shape index (κ3) is 3.79. The number of carbonyl (C=O) groups excluding carboxylic acids is 2. The van der Waals surface area contributed by atoms with Crippen molar-refractivity contribution in [3.8, 4) is 5.75 Å². The lowest BCUT2D eigenvalue weighted by atomic mass is 10.1. The zero-order valence-electron chi connectivity index (χ0n) is 15.7. The molecule has 0 saturated carbocycles. The maximum Gasteiger partial charge on any atom is 0.232 e. The Bertz CT molecular complexity index is 851. The van der Waals surface area contributed by atoms with Crippen molar-refractivity contribution >= 4 is 23.2 Å².